The second-order valence-corrected chi connectivity index (χ2v) is 3.26. The number of H-pyrrole nitrogens is 1. The number of carboxylic acids is 1. The number of carbonyl (C=O) groups is 1. The van der Waals surface area contributed by atoms with E-state index in [9.17, 15) is 9.59 Å². The highest BCUT2D eigenvalue weighted by molar-refractivity contribution is 5.84. The molecule has 0 unspecified atom stereocenters. The number of hydrogen-bond donors (Lipinski definition) is 2. The Morgan fingerprint density at radius 3 is 2.69 bits per heavy atom. The van der Waals surface area contributed by atoms with Gasteiger partial charge in [0.1, 0.15) is 5.69 Å². The van der Waals surface area contributed by atoms with Gasteiger partial charge in [0.15, 0.2) is 0 Å². The molecule has 0 atom stereocenters. The summed E-state index contributed by atoms with van der Waals surface area (Å²) in [5.41, 5.74) is 0.335. The molecule has 0 aliphatic carbocycles. The lowest BCUT2D eigenvalue weighted by molar-refractivity contribution is 0.0691. The average molecular weight is 219 g/mol. The predicted molar refractivity (Wildman–Crippen MR) is 55.4 cm³/mol. The topological polar surface area (TPSA) is 88.0 Å². The Bertz CT molecular complexity index is 556. The SMILES string of the molecule is O=C(O)c1cn(Cc2ccncc2)c(=O)[nH]1. The number of nitrogens with zero attached hydrogens (tertiary/aromatic N) is 2. The minimum Gasteiger partial charge on any atom is -0.477 e. The maximum atomic E-state index is 11.4. The van der Waals surface area contributed by atoms with Crippen molar-refractivity contribution in [2.45, 2.75) is 6.54 Å². The molecular weight excluding hydrogens is 210 g/mol. The Balaban J connectivity index is 2.29. The Kier molecular flexibility index (Phi) is 2.55. The number of imidazole rings is 1. The summed E-state index contributed by atoms with van der Waals surface area (Å²) in [6, 6.07) is 3.53. The van der Waals surface area contributed by atoms with Crippen molar-refractivity contribution in [2.75, 3.05) is 0 Å². The van der Waals surface area contributed by atoms with Gasteiger partial charge in [-0.25, -0.2) is 9.59 Å². The fraction of sp³-hybridized carbons (Fsp3) is 0.100. The number of aromatic nitrogens is 3. The third-order valence-corrected chi connectivity index (χ3v) is 2.12. The fourth-order valence-corrected chi connectivity index (χ4v) is 1.34. The van der Waals surface area contributed by atoms with Gasteiger partial charge in [0.2, 0.25) is 0 Å². The zero-order valence-corrected chi connectivity index (χ0v) is 8.25. The number of rotatable bonds is 3. The van der Waals surface area contributed by atoms with Crippen LogP contribution in [0.2, 0.25) is 0 Å². The molecule has 0 aliphatic rings. The molecule has 0 saturated carbocycles. The Morgan fingerprint density at radius 2 is 2.12 bits per heavy atom. The number of carboxylic acid groups (broad SMARTS) is 1. The van der Waals surface area contributed by atoms with Crippen LogP contribution in [-0.4, -0.2) is 25.6 Å². The van der Waals surface area contributed by atoms with Crippen LogP contribution in [0.4, 0.5) is 0 Å². The normalized spacial score (nSPS) is 10.2. The predicted octanol–water partition coefficient (Wildman–Crippen LogP) is 0.318. The largest absolute Gasteiger partial charge is 0.477 e. The molecule has 2 heterocycles. The van der Waals surface area contributed by atoms with Crippen LogP contribution in [0, 0.1) is 0 Å². The van der Waals surface area contributed by atoms with E-state index in [-0.39, 0.29) is 5.69 Å². The Labute approximate surface area is 90.2 Å². The third kappa shape index (κ3) is 2.00. The number of nitrogens with one attached hydrogen (secondary N) is 1. The van der Waals surface area contributed by atoms with Crippen LogP contribution >= 0.6 is 0 Å². The van der Waals surface area contributed by atoms with Crippen LogP contribution in [0.3, 0.4) is 0 Å². The monoisotopic (exact) mass is 219 g/mol. The summed E-state index contributed by atoms with van der Waals surface area (Å²) in [6.07, 6.45) is 4.52. The summed E-state index contributed by atoms with van der Waals surface area (Å²) in [4.78, 5) is 28.1. The molecule has 82 valence electrons. The lowest BCUT2D eigenvalue weighted by atomic mass is 10.3. The molecule has 0 aromatic carbocycles. The van der Waals surface area contributed by atoms with E-state index < -0.39 is 11.7 Å². The summed E-state index contributed by atoms with van der Waals surface area (Å²) in [5.74, 6) is -1.15. The molecule has 6 nitrogen and oxygen atoms in total. The van der Waals surface area contributed by atoms with Gasteiger partial charge in [-0.15, -0.1) is 0 Å². The first kappa shape index (κ1) is 10.2. The summed E-state index contributed by atoms with van der Waals surface area (Å²) in [5, 5.41) is 8.70. The van der Waals surface area contributed by atoms with E-state index >= 15 is 0 Å². The molecule has 0 saturated heterocycles. The van der Waals surface area contributed by atoms with E-state index in [1.54, 1.807) is 24.5 Å². The summed E-state index contributed by atoms with van der Waals surface area (Å²) < 4.78 is 1.30. The van der Waals surface area contributed by atoms with Crippen molar-refractivity contribution in [2.24, 2.45) is 0 Å². The second kappa shape index (κ2) is 4.01. The first-order valence-electron chi connectivity index (χ1n) is 4.58. The average Bonchev–Trinajstić information content (AvgIpc) is 2.62. The van der Waals surface area contributed by atoms with Crippen molar-refractivity contribution in [1.82, 2.24) is 14.5 Å². The zero-order chi connectivity index (χ0) is 11.5. The second-order valence-electron chi connectivity index (χ2n) is 3.26. The molecule has 0 bridgehead atoms. The van der Waals surface area contributed by atoms with Crippen molar-refractivity contribution in [3.8, 4) is 0 Å². The molecule has 2 aromatic heterocycles. The van der Waals surface area contributed by atoms with Crippen LogP contribution in [0.5, 0.6) is 0 Å². The number of aromatic carboxylic acids is 1. The summed E-state index contributed by atoms with van der Waals surface area (Å²) >= 11 is 0. The first-order valence-corrected chi connectivity index (χ1v) is 4.58. The summed E-state index contributed by atoms with van der Waals surface area (Å²) in [7, 11) is 0. The standard InChI is InChI=1S/C10H9N3O3/c14-9(15)8-6-13(10(16)12-8)5-7-1-3-11-4-2-7/h1-4,6H,5H2,(H,12,16)(H,14,15). The van der Waals surface area contributed by atoms with Crippen molar-refractivity contribution >= 4 is 5.97 Å². The number of aromatic amines is 1. The maximum Gasteiger partial charge on any atom is 0.353 e. The minimum atomic E-state index is -1.15. The van der Waals surface area contributed by atoms with Gasteiger partial charge in [-0.2, -0.15) is 0 Å². The van der Waals surface area contributed by atoms with Crippen LogP contribution in [0.15, 0.2) is 35.5 Å². The first-order chi connectivity index (χ1) is 7.66. The maximum absolute atomic E-state index is 11.4. The van der Waals surface area contributed by atoms with E-state index in [0.717, 1.165) is 5.56 Å². The van der Waals surface area contributed by atoms with Gasteiger partial charge in [0.25, 0.3) is 0 Å². The number of hydrogen-bond acceptors (Lipinski definition) is 3. The molecule has 0 radical (unpaired) electrons. The minimum absolute atomic E-state index is 0.112. The molecule has 16 heavy (non-hydrogen) atoms. The van der Waals surface area contributed by atoms with Gasteiger partial charge >= 0.3 is 11.7 Å². The van der Waals surface area contributed by atoms with Crippen molar-refractivity contribution in [1.29, 1.82) is 0 Å². The van der Waals surface area contributed by atoms with E-state index in [4.69, 9.17) is 5.11 Å². The molecule has 0 spiro atoms. The molecule has 0 aliphatic heterocycles. The van der Waals surface area contributed by atoms with Gasteiger partial charge in [0, 0.05) is 18.6 Å². The van der Waals surface area contributed by atoms with Gasteiger partial charge in [-0.3, -0.25) is 9.55 Å². The molecule has 0 amide bonds. The van der Waals surface area contributed by atoms with Crippen molar-refractivity contribution in [3.63, 3.8) is 0 Å². The van der Waals surface area contributed by atoms with E-state index in [1.807, 2.05) is 0 Å². The third-order valence-electron chi connectivity index (χ3n) is 2.12. The fourth-order valence-electron chi connectivity index (χ4n) is 1.34. The molecule has 2 aromatic rings. The van der Waals surface area contributed by atoms with Crippen molar-refractivity contribution < 1.29 is 9.90 Å². The van der Waals surface area contributed by atoms with Gasteiger partial charge < -0.3 is 10.1 Å². The van der Waals surface area contributed by atoms with E-state index in [1.165, 1.54) is 10.8 Å². The molecular formula is C10H9N3O3. The van der Waals surface area contributed by atoms with E-state index in [0.29, 0.717) is 6.54 Å². The number of pyridine rings is 1. The van der Waals surface area contributed by atoms with Crippen LogP contribution < -0.4 is 5.69 Å². The lowest BCUT2D eigenvalue weighted by Gasteiger charge is -1.99. The van der Waals surface area contributed by atoms with Crippen LogP contribution in [0.1, 0.15) is 16.1 Å². The molecule has 2 N–H and O–H groups in total. The highest BCUT2D eigenvalue weighted by Gasteiger charge is 2.08. The summed E-state index contributed by atoms with van der Waals surface area (Å²) in [6.45, 7) is 0.325. The van der Waals surface area contributed by atoms with E-state index in [2.05, 4.69) is 9.97 Å². The molecule has 6 heteroatoms. The van der Waals surface area contributed by atoms with Gasteiger partial charge in [-0.1, -0.05) is 0 Å². The van der Waals surface area contributed by atoms with Crippen molar-refractivity contribution in [3.05, 3.63) is 52.5 Å². The van der Waals surface area contributed by atoms with Gasteiger partial charge in [-0.05, 0) is 17.7 Å². The van der Waals surface area contributed by atoms with Gasteiger partial charge in [0.05, 0.1) is 6.54 Å². The Hall–Kier alpha value is -2.37. The zero-order valence-electron chi connectivity index (χ0n) is 8.25. The molecule has 0 fully saturated rings. The Morgan fingerprint density at radius 1 is 1.44 bits per heavy atom. The lowest BCUT2D eigenvalue weighted by Crippen LogP contribution is -2.16. The van der Waals surface area contributed by atoms with Crippen LogP contribution in [-0.2, 0) is 6.54 Å². The smallest absolute Gasteiger partial charge is 0.353 e. The molecule has 2 rings (SSSR count). The quantitative estimate of drug-likeness (QED) is 0.778. The highest BCUT2D eigenvalue weighted by Crippen LogP contribution is 2.00. The van der Waals surface area contributed by atoms with Crippen LogP contribution in [0.25, 0.3) is 0 Å². The highest BCUT2D eigenvalue weighted by atomic mass is 16.4.